The fourth-order valence-electron chi connectivity index (χ4n) is 2.06. The van der Waals surface area contributed by atoms with E-state index in [0.717, 1.165) is 5.76 Å². The number of benzene rings is 1. The van der Waals surface area contributed by atoms with E-state index < -0.39 is 0 Å². The van der Waals surface area contributed by atoms with Crippen LogP contribution in [0.25, 0.3) is 0 Å². The molecule has 0 aliphatic carbocycles. The van der Waals surface area contributed by atoms with Crippen molar-refractivity contribution < 1.29 is 18.7 Å². The number of carbonyl (C=O) groups excluding carboxylic acids is 2. The molecule has 1 amide bonds. The van der Waals surface area contributed by atoms with Crippen LogP contribution in [0.4, 0.5) is 5.69 Å². The van der Waals surface area contributed by atoms with E-state index in [4.69, 9.17) is 9.15 Å². The summed E-state index contributed by atoms with van der Waals surface area (Å²) in [6.07, 6.45) is 1.43. The molecule has 2 aromatic rings. The molecule has 0 radical (unpaired) electrons. The SMILES string of the molecule is CC(C)OC(=O)c1ccc(NC(=O)CN[C@@H](C)c2ccco2)cc1. The van der Waals surface area contributed by atoms with Gasteiger partial charge in [-0.25, -0.2) is 4.79 Å². The third kappa shape index (κ3) is 5.24. The van der Waals surface area contributed by atoms with Gasteiger partial charge in [0.1, 0.15) is 5.76 Å². The molecule has 1 heterocycles. The van der Waals surface area contributed by atoms with E-state index in [1.165, 1.54) is 0 Å². The fraction of sp³-hybridized carbons (Fsp3) is 0.333. The van der Waals surface area contributed by atoms with Gasteiger partial charge in [-0.15, -0.1) is 0 Å². The highest BCUT2D eigenvalue weighted by atomic mass is 16.5. The van der Waals surface area contributed by atoms with Gasteiger partial charge >= 0.3 is 5.97 Å². The number of anilines is 1. The number of amides is 1. The average Bonchev–Trinajstić information content (AvgIpc) is 3.07. The minimum Gasteiger partial charge on any atom is -0.468 e. The van der Waals surface area contributed by atoms with E-state index in [0.29, 0.717) is 11.3 Å². The molecule has 0 saturated heterocycles. The molecule has 1 atom stereocenters. The Morgan fingerprint density at radius 2 is 1.83 bits per heavy atom. The molecular formula is C18H22N2O4. The Morgan fingerprint density at radius 3 is 2.42 bits per heavy atom. The predicted octanol–water partition coefficient (Wildman–Crippen LogP) is 3.13. The van der Waals surface area contributed by atoms with Crippen molar-refractivity contribution in [2.75, 3.05) is 11.9 Å². The van der Waals surface area contributed by atoms with Gasteiger partial charge in [-0.1, -0.05) is 0 Å². The molecule has 0 aliphatic rings. The van der Waals surface area contributed by atoms with Crippen molar-refractivity contribution >= 4 is 17.6 Å². The monoisotopic (exact) mass is 330 g/mol. The van der Waals surface area contributed by atoms with Gasteiger partial charge in [-0.2, -0.15) is 0 Å². The lowest BCUT2D eigenvalue weighted by atomic mass is 10.2. The molecule has 0 saturated carbocycles. The summed E-state index contributed by atoms with van der Waals surface area (Å²) in [6, 6.07) is 10.2. The zero-order chi connectivity index (χ0) is 17.5. The van der Waals surface area contributed by atoms with E-state index >= 15 is 0 Å². The third-order valence-electron chi connectivity index (χ3n) is 3.29. The number of rotatable bonds is 7. The first-order valence-corrected chi connectivity index (χ1v) is 7.83. The van der Waals surface area contributed by atoms with Crippen molar-refractivity contribution in [3.05, 3.63) is 54.0 Å². The highest BCUT2D eigenvalue weighted by molar-refractivity contribution is 5.94. The van der Waals surface area contributed by atoms with Crippen molar-refractivity contribution in [3.63, 3.8) is 0 Å². The van der Waals surface area contributed by atoms with Crippen LogP contribution < -0.4 is 10.6 Å². The molecule has 6 nitrogen and oxygen atoms in total. The quantitative estimate of drug-likeness (QED) is 0.762. The number of nitrogens with one attached hydrogen (secondary N) is 2. The van der Waals surface area contributed by atoms with Gasteiger partial charge in [0, 0.05) is 5.69 Å². The third-order valence-corrected chi connectivity index (χ3v) is 3.29. The fourth-order valence-corrected chi connectivity index (χ4v) is 2.06. The number of hydrogen-bond donors (Lipinski definition) is 2. The molecule has 6 heteroatoms. The van der Waals surface area contributed by atoms with E-state index in [9.17, 15) is 9.59 Å². The Labute approximate surface area is 141 Å². The number of carbonyl (C=O) groups is 2. The lowest BCUT2D eigenvalue weighted by Crippen LogP contribution is -2.29. The van der Waals surface area contributed by atoms with Gasteiger partial charge < -0.3 is 14.5 Å². The van der Waals surface area contributed by atoms with Crippen LogP contribution in [0.3, 0.4) is 0 Å². The molecule has 0 spiro atoms. The van der Waals surface area contributed by atoms with Crippen LogP contribution in [0.5, 0.6) is 0 Å². The maximum atomic E-state index is 12.0. The lowest BCUT2D eigenvalue weighted by molar-refractivity contribution is -0.115. The normalized spacial score (nSPS) is 12.0. The second-order valence-electron chi connectivity index (χ2n) is 5.70. The summed E-state index contributed by atoms with van der Waals surface area (Å²) < 4.78 is 10.4. The van der Waals surface area contributed by atoms with Gasteiger partial charge in [0.15, 0.2) is 0 Å². The Kier molecular flexibility index (Phi) is 6.14. The van der Waals surface area contributed by atoms with Crippen molar-refractivity contribution in [1.82, 2.24) is 5.32 Å². The van der Waals surface area contributed by atoms with Crippen molar-refractivity contribution in [3.8, 4) is 0 Å². The van der Waals surface area contributed by atoms with Gasteiger partial charge in [0.25, 0.3) is 0 Å². The van der Waals surface area contributed by atoms with Gasteiger partial charge in [-0.3, -0.25) is 10.1 Å². The van der Waals surface area contributed by atoms with Crippen molar-refractivity contribution in [2.45, 2.75) is 32.9 Å². The Balaban J connectivity index is 1.82. The molecule has 2 rings (SSSR count). The molecule has 0 bridgehead atoms. The van der Waals surface area contributed by atoms with Gasteiger partial charge in [0.05, 0.1) is 30.5 Å². The summed E-state index contributed by atoms with van der Waals surface area (Å²) in [4.78, 5) is 23.7. The first-order valence-electron chi connectivity index (χ1n) is 7.83. The van der Waals surface area contributed by atoms with Gasteiger partial charge in [-0.05, 0) is 57.2 Å². The summed E-state index contributed by atoms with van der Waals surface area (Å²) in [7, 11) is 0. The summed E-state index contributed by atoms with van der Waals surface area (Å²) in [5, 5.41) is 5.84. The zero-order valence-electron chi connectivity index (χ0n) is 14.0. The molecule has 0 fully saturated rings. The highest BCUT2D eigenvalue weighted by Gasteiger charge is 2.11. The van der Waals surface area contributed by atoms with E-state index in [-0.39, 0.29) is 30.6 Å². The van der Waals surface area contributed by atoms with Crippen LogP contribution in [-0.2, 0) is 9.53 Å². The Morgan fingerprint density at radius 1 is 1.12 bits per heavy atom. The largest absolute Gasteiger partial charge is 0.468 e. The number of ether oxygens (including phenoxy) is 1. The van der Waals surface area contributed by atoms with Crippen LogP contribution in [0.1, 0.15) is 42.9 Å². The number of esters is 1. The summed E-state index contributed by atoms with van der Waals surface area (Å²) in [5.74, 6) is 0.221. The Hall–Kier alpha value is -2.60. The van der Waals surface area contributed by atoms with Crippen LogP contribution in [0, 0.1) is 0 Å². The molecule has 2 N–H and O–H groups in total. The van der Waals surface area contributed by atoms with Crippen molar-refractivity contribution in [1.29, 1.82) is 0 Å². The number of hydrogen-bond acceptors (Lipinski definition) is 5. The van der Waals surface area contributed by atoms with Gasteiger partial charge in [0.2, 0.25) is 5.91 Å². The summed E-state index contributed by atoms with van der Waals surface area (Å²) in [5.41, 5.74) is 1.07. The topological polar surface area (TPSA) is 80.6 Å². The summed E-state index contributed by atoms with van der Waals surface area (Å²) in [6.45, 7) is 5.66. The first kappa shape index (κ1) is 17.7. The average molecular weight is 330 g/mol. The Bertz CT molecular complexity index is 663. The molecule has 0 aliphatic heterocycles. The number of furan rings is 1. The molecule has 1 aromatic heterocycles. The molecule has 0 unspecified atom stereocenters. The minimum atomic E-state index is -0.378. The maximum Gasteiger partial charge on any atom is 0.338 e. The standard InChI is InChI=1S/C18H22N2O4/c1-12(2)24-18(22)14-6-8-15(9-7-14)20-17(21)11-19-13(3)16-5-4-10-23-16/h4-10,12-13,19H,11H2,1-3H3,(H,20,21)/t13-/m0/s1. The van der Waals surface area contributed by atoms with E-state index in [2.05, 4.69) is 10.6 Å². The van der Waals surface area contributed by atoms with Crippen molar-refractivity contribution in [2.24, 2.45) is 0 Å². The predicted molar refractivity (Wildman–Crippen MR) is 90.7 cm³/mol. The second-order valence-corrected chi connectivity index (χ2v) is 5.70. The molecular weight excluding hydrogens is 308 g/mol. The van der Waals surface area contributed by atoms with Crippen LogP contribution in [0.15, 0.2) is 47.1 Å². The first-order chi connectivity index (χ1) is 11.5. The molecule has 1 aromatic carbocycles. The van der Waals surface area contributed by atoms with Crippen LogP contribution in [-0.4, -0.2) is 24.5 Å². The zero-order valence-corrected chi connectivity index (χ0v) is 14.0. The van der Waals surface area contributed by atoms with E-state index in [1.807, 2.05) is 13.0 Å². The molecule has 128 valence electrons. The molecule has 24 heavy (non-hydrogen) atoms. The minimum absolute atomic E-state index is 0.0565. The summed E-state index contributed by atoms with van der Waals surface area (Å²) >= 11 is 0. The highest BCUT2D eigenvalue weighted by Crippen LogP contribution is 2.13. The maximum absolute atomic E-state index is 12.0. The van der Waals surface area contributed by atoms with Crippen LogP contribution >= 0.6 is 0 Å². The second kappa shape index (κ2) is 8.31. The van der Waals surface area contributed by atoms with Crippen LogP contribution in [0.2, 0.25) is 0 Å². The smallest absolute Gasteiger partial charge is 0.338 e. The van der Waals surface area contributed by atoms with E-state index in [1.54, 1.807) is 50.4 Å². The lowest BCUT2D eigenvalue weighted by Gasteiger charge is -2.12.